The fraction of sp³-hybridized carbons (Fsp3) is 0.435. The number of benzene rings is 2. The molecule has 6 heteroatoms. The van der Waals surface area contributed by atoms with Gasteiger partial charge in [0.1, 0.15) is 0 Å². The number of hydrogen-bond acceptors (Lipinski definition) is 4. The van der Waals surface area contributed by atoms with Crippen molar-refractivity contribution in [2.75, 3.05) is 63.7 Å². The largest absolute Gasteiger partial charge is 0.379 e. The molecule has 1 heterocycles. The lowest BCUT2D eigenvalue weighted by Crippen LogP contribution is -2.40. The minimum atomic E-state index is 0.773. The summed E-state index contributed by atoms with van der Waals surface area (Å²) in [7, 11) is 4.12. The molecule has 1 aliphatic heterocycles. The number of morpholine rings is 1. The third-order valence-corrected chi connectivity index (χ3v) is 5.50. The van der Waals surface area contributed by atoms with Crippen molar-refractivity contribution in [3.63, 3.8) is 0 Å². The standard InChI is InChI=1S/C23H32N4OS/c1-25(2)22-11-9-20(10-12-22)19-27(14-6-13-26-15-17-28-18-16-26)23(29)24-21-7-4-3-5-8-21/h3-5,7-12H,6,13-19H2,1-2H3,(H,24,29). The van der Waals surface area contributed by atoms with Crippen LogP contribution in [0, 0.1) is 0 Å². The molecule has 0 aromatic heterocycles. The molecule has 0 amide bonds. The lowest BCUT2D eigenvalue weighted by molar-refractivity contribution is 0.0368. The second-order valence-electron chi connectivity index (χ2n) is 7.59. The third kappa shape index (κ3) is 6.99. The summed E-state index contributed by atoms with van der Waals surface area (Å²) in [4.78, 5) is 6.86. The van der Waals surface area contributed by atoms with E-state index in [4.69, 9.17) is 17.0 Å². The van der Waals surface area contributed by atoms with Crippen LogP contribution in [0.1, 0.15) is 12.0 Å². The first-order valence-electron chi connectivity index (χ1n) is 10.3. The first-order chi connectivity index (χ1) is 14.1. The van der Waals surface area contributed by atoms with Gasteiger partial charge >= 0.3 is 0 Å². The maximum Gasteiger partial charge on any atom is 0.173 e. The van der Waals surface area contributed by atoms with Gasteiger partial charge in [0, 0.05) is 58.2 Å². The van der Waals surface area contributed by atoms with Gasteiger partial charge in [0.15, 0.2) is 5.11 Å². The summed E-state index contributed by atoms with van der Waals surface area (Å²) in [6.45, 7) is 6.54. The molecule has 0 aliphatic carbocycles. The van der Waals surface area contributed by atoms with E-state index in [2.05, 4.69) is 58.4 Å². The zero-order valence-electron chi connectivity index (χ0n) is 17.5. The first kappa shape index (κ1) is 21.6. The van der Waals surface area contributed by atoms with Crippen molar-refractivity contribution in [2.45, 2.75) is 13.0 Å². The summed E-state index contributed by atoms with van der Waals surface area (Å²) in [5, 5.41) is 4.17. The Morgan fingerprint density at radius 1 is 1.03 bits per heavy atom. The van der Waals surface area contributed by atoms with Crippen molar-refractivity contribution in [1.29, 1.82) is 0 Å². The summed E-state index contributed by atoms with van der Waals surface area (Å²) in [6.07, 6.45) is 1.08. The summed E-state index contributed by atoms with van der Waals surface area (Å²) in [6, 6.07) is 18.9. The van der Waals surface area contributed by atoms with Crippen LogP contribution < -0.4 is 10.2 Å². The number of rotatable bonds is 8. The van der Waals surface area contributed by atoms with Crippen molar-refractivity contribution in [3.8, 4) is 0 Å². The van der Waals surface area contributed by atoms with Gasteiger partial charge in [0.2, 0.25) is 0 Å². The van der Waals surface area contributed by atoms with Crippen molar-refractivity contribution < 1.29 is 4.74 Å². The molecule has 5 nitrogen and oxygen atoms in total. The minimum absolute atomic E-state index is 0.773. The normalized spacial score (nSPS) is 14.4. The van der Waals surface area contributed by atoms with E-state index in [1.807, 2.05) is 30.3 Å². The number of anilines is 2. The number of hydrogen-bond donors (Lipinski definition) is 1. The molecule has 3 rings (SSSR count). The molecule has 0 bridgehead atoms. The Labute approximate surface area is 180 Å². The molecule has 29 heavy (non-hydrogen) atoms. The Kier molecular flexibility index (Phi) is 8.28. The van der Waals surface area contributed by atoms with Crippen LogP contribution >= 0.6 is 12.2 Å². The zero-order valence-corrected chi connectivity index (χ0v) is 18.3. The van der Waals surface area contributed by atoms with Gasteiger partial charge in [-0.15, -0.1) is 0 Å². The predicted octanol–water partition coefficient (Wildman–Crippen LogP) is 3.67. The van der Waals surface area contributed by atoms with E-state index < -0.39 is 0 Å². The van der Waals surface area contributed by atoms with E-state index in [1.165, 1.54) is 11.3 Å². The van der Waals surface area contributed by atoms with Gasteiger partial charge in [-0.1, -0.05) is 30.3 Å². The van der Waals surface area contributed by atoms with Crippen molar-refractivity contribution in [2.24, 2.45) is 0 Å². The van der Waals surface area contributed by atoms with Crippen LogP contribution in [0.5, 0.6) is 0 Å². The summed E-state index contributed by atoms with van der Waals surface area (Å²) < 4.78 is 5.45. The second-order valence-corrected chi connectivity index (χ2v) is 7.97. The van der Waals surface area contributed by atoms with Crippen LogP contribution in [0.2, 0.25) is 0 Å². The Bertz CT molecular complexity index is 745. The van der Waals surface area contributed by atoms with Gasteiger partial charge in [-0.2, -0.15) is 0 Å². The van der Waals surface area contributed by atoms with Gasteiger partial charge in [0.25, 0.3) is 0 Å². The molecule has 0 saturated carbocycles. The molecule has 0 spiro atoms. The fourth-order valence-electron chi connectivity index (χ4n) is 3.41. The van der Waals surface area contributed by atoms with Gasteiger partial charge in [-0.25, -0.2) is 0 Å². The number of ether oxygens (including phenoxy) is 1. The second kappa shape index (κ2) is 11.1. The average molecular weight is 413 g/mol. The van der Waals surface area contributed by atoms with Crippen LogP contribution in [0.3, 0.4) is 0 Å². The Balaban J connectivity index is 1.61. The molecule has 0 unspecified atom stereocenters. The van der Waals surface area contributed by atoms with E-state index >= 15 is 0 Å². The highest BCUT2D eigenvalue weighted by atomic mass is 32.1. The summed E-state index contributed by atoms with van der Waals surface area (Å²) in [5.74, 6) is 0. The molecule has 0 radical (unpaired) electrons. The van der Waals surface area contributed by atoms with E-state index in [-0.39, 0.29) is 0 Å². The van der Waals surface area contributed by atoms with Crippen molar-refractivity contribution in [3.05, 3.63) is 60.2 Å². The molecule has 1 N–H and O–H groups in total. The van der Waals surface area contributed by atoms with Gasteiger partial charge in [-0.3, -0.25) is 4.90 Å². The smallest absolute Gasteiger partial charge is 0.173 e. The summed E-state index contributed by atoms with van der Waals surface area (Å²) in [5.41, 5.74) is 3.50. The highest BCUT2D eigenvalue weighted by molar-refractivity contribution is 7.80. The van der Waals surface area contributed by atoms with Gasteiger partial charge in [0.05, 0.1) is 13.2 Å². The van der Waals surface area contributed by atoms with E-state index in [0.29, 0.717) is 0 Å². The quantitative estimate of drug-likeness (QED) is 0.666. The summed E-state index contributed by atoms with van der Waals surface area (Å²) >= 11 is 5.77. The first-order valence-corrected chi connectivity index (χ1v) is 10.7. The average Bonchev–Trinajstić information content (AvgIpc) is 2.75. The van der Waals surface area contributed by atoms with E-state index in [1.54, 1.807) is 0 Å². The Morgan fingerprint density at radius 2 is 1.72 bits per heavy atom. The predicted molar refractivity (Wildman–Crippen MR) is 126 cm³/mol. The lowest BCUT2D eigenvalue weighted by Gasteiger charge is -2.30. The maximum absolute atomic E-state index is 5.77. The lowest BCUT2D eigenvalue weighted by atomic mass is 10.2. The molecule has 1 aliphatic rings. The minimum Gasteiger partial charge on any atom is -0.379 e. The van der Waals surface area contributed by atoms with Crippen LogP contribution in [0.25, 0.3) is 0 Å². The van der Waals surface area contributed by atoms with E-state index in [9.17, 15) is 0 Å². The third-order valence-electron chi connectivity index (χ3n) is 5.14. The van der Waals surface area contributed by atoms with Crippen LogP contribution in [-0.2, 0) is 11.3 Å². The Morgan fingerprint density at radius 3 is 2.38 bits per heavy atom. The molecular formula is C23H32N4OS. The van der Waals surface area contributed by atoms with Gasteiger partial charge < -0.3 is 19.9 Å². The molecule has 0 atom stereocenters. The number of nitrogens with zero attached hydrogens (tertiary/aromatic N) is 3. The van der Waals surface area contributed by atoms with E-state index in [0.717, 1.165) is 63.2 Å². The van der Waals surface area contributed by atoms with Crippen LogP contribution in [-0.4, -0.2) is 68.4 Å². The molecule has 2 aromatic rings. The zero-order chi connectivity index (χ0) is 20.5. The van der Waals surface area contributed by atoms with Gasteiger partial charge in [-0.05, 0) is 48.5 Å². The number of nitrogens with one attached hydrogen (secondary N) is 1. The highest BCUT2D eigenvalue weighted by Crippen LogP contribution is 2.15. The molecular weight excluding hydrogens is 380 g/mol. The molecule has 1 fully saturated rings. The SMILES string of the molecule is CN(C)c1ccc(CN(CCCN2CCOCC2)C(=S)Nc2ccccc2)cc1. The number of thiocarbonyl (C=S) groups is 1. The Hall–Kier alpha value is -2.15. The van der Waals surface area contributed by atoms with Crippen LogP contribution in [0.15, 0.2) is 54.6 Å². The maximum atomic E-state index is 5.77. The molecule has 1 saturated heterocycles. The van der Waals surface area contributed by atoms with Crippen molar-refractivity contribution >= 4 is 28.7 Å². The van der Waals surface area contributed by atoms with Crippen LogP contribution in [0.4, 0.5) is 11.4 Å². The molecule has 156 valence electrons. The number of para-hydroxylation sites is 1. The topological polar surface area (TPSA) is 31.0 Å². The highest BCUT2D eigenvalue weighted by Gasteiger charge is 2.14. The fourth-order valence-corrected chi connectivity index (χ4v) is 3.68. The molecule has 2 aromatic carbocycles. The monoisotopic (exact) mass is 412 g/mol. The van der Waals surface area contributed by atoms with Crippen molar-refractivity contribution in [1.82, 2.24) is 9.80 Å².